The predicted molar refractivity (Wildman–Crippen MR) is 62.2 cm³/mol. The van der Waals surface area contributed by atoms with E-state index >= 15 is 0 Å². The summed E-state index contributed by atoms with van der Waals surface area (Å²) >= 11 is 0. The van der Waals surface area contributed by atoms with Crippen LogP contribution in [0.5, 0.6) is 0 Å². The van der Waals surface area contributed by atoms with Crippen molar-refractivity contribution in [2.45, 2.75) is 6.92 Å². The molecule has 1 amide bonds. The molecule has 88 valence electrons. The van der Waals surface area contributed by atoms with E-state index in [4.69, 9.17) is 5.11 Å². The van der Waals surface area contributed by atoms with Crippen molar-refractivity contribution in [1.82, 2.24) is 14.9 Å². The zero-order chi connectivity index (χ0) is 12.3. The third-order valence-corrected chi connectivity index (χ3v) is 2.28. The Labute approximate surface area is 98.1 Å². The van der Waals surface area contributed by atoms with Crippen LogP contribution in [0.2, 0.25) is 0 Å². The molecule has 0 atom stereocenters. The maximum absolute atomic E-state index is 10.9. The van der Waals surface area contributed by atoms with Gasteiger partial charge in [-0.2, -0.15) is 9.80 Å². The maximum atomic E-state index is 10.9. The second-order valence-corrected chi connectivity index (χ2v) is 3.35. The molecular weight excluding hydrogens is 220 g/mol. The van der Waals surface area contributed by atoms with E-state index < -0.39 is 6.09 Å². The minimum absolute atomic E-state index is 0.312. The molecule has 6 heteroatoms. The number of hydrogen-bond acceptors (Lipinski definition) is 3. The summed E-state index contributed by atoms with van der Waals surface area (Å²) < 4.78 is 0. The topological polar surface area (TPSA) is 71.2 Å². The third-order valence-electron chi connectivity index (χ3n) is 2.28. The summed E-state index contributed by atoms with van der Waals surface area (Å²) in [5.41, 5.74) is 0.854. The van der Waals surface area contributed by atoms with Crippen molar-refractivity contribution in [3.8, 4) is 11.4 Å². The van der Waals surface area contributed by atoms with Crippen LogP contribution >= 0.6 is 0 Å². The van der Waals surface area contributed by atoms with Gasteiger partial charge in [0.25, 0.3) is 0 Å². The van der Waals surface area contributed by atoms with E-state index in [1.54, 1.807) is 6.92 Å². The first-order valence-electron chi connectivity index (χ1n) is 5.20. The van der Waals surface area contributed by atoms with Crippen LogP contribution in [0.15, 0.2) is 36.7 Å². The van der Waals surface area contributed by atoms with Gasteiger partial charge in [-0.15, -0.1) is 5.10 Å². The van der Waals surface area contributed by atoms with Crippen LogP contribution in [0, 0.1) is 0 Å². The summed E-state index contributed by atoms with van der Waals surface area (Å²) in [7, 11) is 0. The first kappa shape index (κ1) is 11.1. The van der Waals surface area contributed by atoms with Crippen molar-refractivity contribution >= 4 is 6.09 Å². The SMILES string of the molecule is CCN(C(=O)O)n1cnc(-c2ccccc2)n1. The van der Waals surface area contributed by atoms with E-state index in [0.717, 1.165) is 10.6 Å². The number of carbonyl (C=O) groups is 1. The van der Waals surface area contributed by atoms with Crippen LogP contribution in [-0.4, -0.2) is 32.6 Å². The van der Waals surface area contributed by atoms with E-state index in [1.807, 2.05) is 30.3 Å². The first-order valence-corrected chi connectivity index (χ1v) is 5.20. The monoisotopic (exact) mass is 232 g/mol. The summed E-state index contributed by atoms with van der Waals surface area (Å²) in [4.78, 5) is 16.2. The van der Waals surface area contributed by atoms with Crippen molar-refractivity contribution in [3.63, 3.8) is 0 Å². The molecule has 6 nitrogen and oxygen atoms in total. The van der Waals surface area contributed by atoms with Gasteiger partial charge in [-0.3, -0.25) is 0 Å². The Morgan fingerprint density at radius 2 is 2.12 bits per heavy atom. The number of benzene rings is 1. The normalized spacial score (nSPS) is 10.2. The molecule has 0 aliphatic rings. The molecule has 0 fully saturated rings. The highest BCUT2D eigenvalue weighted by molar-refractivity contribution is 5.76. The van der Waals surface area contributed by atoms with Crippen molar-refractivity contribution in [3.05, 3.63) is 36.7 Å². The predicted octanol–water partition coefficient (Wildman–Crippen LogP) is 1.58. The van der Waals surface area contributed by atoms with Crippen molar-refractivity contribution in [2.24, 2.45) is 0 Å². The molecule has 0 saturated heterocycles. The highest BCUT2D eigenvalue weighted by Gasteiger charge is 2.13. The number of aromatic nitrogens is 3. The van der Waals surface area contributed by atoms with Gasteiger partial charge in [0.15, 0.2) is 5.82 Å². The van der Waals surface area contributed by atoms with Crippen LogP contribution in [0.3, 0.4) is 0 Å². The summed E-state index contributed by atoms with van der Waals surface area (Å²) in [6.07, 6.45) is 0.331. The molecule has 0 spiro atoms. The summed E-state index contributed by atoms with van der Waals surface area (Å²) in [5, 5.41) is 14.1. The molecule has 2 aromatic rings. The smallest absolute Gasteiger partial charge is 0.427 e. The van der Waals surface area contributed by atoms with Gasteiger partial charge in [0.05, 0.1) is 0 Å². The zero-order valence-corrected chi connectivity index (χ0v) is 9.32. The highest BCUT2D eigenvalue weighted by Crippen LogP contribution is 2.12. The summed E-state index contributed by atoms with van der Waals surface area (Å²) in [5.74, 6) is 0.505. The largest absolute Gasteiger partial charge is 0.464 e. The fourth-order valence-corrected chi connectivity index (χ4v) is 1.46. The summed E-state index contributed by atoms with van der Waals surface area (Å²) in [6.45, 7) is 2.05. The lowest BCUT2D eigenvalue weighted by atomic mass is 10.2. The Kier molecular flexibility index (Phi) is 3.04. The standard InChI is InChI=1S/C11H12N4O2/c1-2-14(11(16)17)15-8-12-10(13-15)9-6-4-3-5-7-9/h3-8H,2H2,1H3,(H,16,17). The molecule has 0 radical (unpaired) electrons. The molecule has 0 aliphatic heterocycles. The molecule has 0 saturated carbocycles. The van der Waals surface area contributed by atoms with Crippen LogP contribution < -0.4 is 5.01 Å². The van der Waals surface area contributed by atoms with E-state index in [-0.39, 0.29) is 0 Å². The molecular formula is C11H12N4O2. The van der Waals surface area contributed by atoms with E-state index in [0.29, 0.717) is 12.4 Å². The number of amides is 1. The Bertz CT molecular complexity index is 509. The Hall–Kier alpha value is -2.37. The fourth-order valence-electron chi connectivity index (χ4n) is 1.46. The molecule has 2 rings (SSSR count). The van der Waals surface area contributed by atoms with Gasteiger partial charge in [-0.05, 0) is 6.92 Å². The van der Waals surface area contributed by atoms with Gasteiger partial charge in [0.1, 0.15) is 6.33 Å². The number of carboxylic acid groups (broad SMARTS) is 1. The van der Waals surface area contributed by atoms with Crippen LogP contribution in [0.4, 0.5) is 4.79 Å². The Morgan fingerprint density at radius 3 is 2.71 bits per heavy atom. The average molecular weight is 232 g/mol. The molecule has 0 unspecified atom stereocenters. The van der Waals surface area contributed by atoms with Crippen molar-refractivity contribution in [2.75, 3.05) is 11.6 Å². The van der Waals surface area contributed by atoms with Crippen molar-refractivity contribution < 1.29 is 9.90 Å². The zero-order valence-electron chi connectivity index (χ0n) is 9.32. The van der Waals surface area contributed by atoms with Gasteiger partial charge in [0.2, 0.25) is 0 Å². The van der Waals surface area contributed by atoms with Gasteiger partial charge in [0, 0.05) is 12.1 Å². The molecule has 1 aromatic carbocycles. The van der Waals surface area contributed by atoms with Gasteiger partial charge < -0.3 is 5.11 Å². The van der Waals surface area contributed by atoms with E-state index in [9.17, 15) is 4.79 Å². The second kappa shape index (κ2) is 4.65. The van der Waals surface area contributed by atoms with Gasteiger partial charge >= 0.3 is 6.09 Å². The molecule has 0 aliphatic carbocycles. The van der Waals surface area contributed by atoms with Crippen LogP contribution in [0.25, 0.3) is 11.4 Å². The molecule has 1 N–H and O–H groups in total. The highest BCUT2D eigenvalue weighted by atomic mass is 16.4. The lowest BCUT2D eigenvalue weighted by Gasteiger charge is -2.14. The summed E-state index contributed by atoms with van der Waals surface area (Å²) in [6, 6.07) is 9.40. The van der Waals surface area contributed by atoms with Gasteiger partial charge in [-0.25, -0.2) is 9.78 Å². The fraction of sp³-hybridized carbons (Fsp3) is 0.182. The van der Waals surface area contributed by atoms with E-state index in [1.165, 1.54) is 11.1 Å². The quantitative estimate of drug-likeness (QED) is 0.872. The number of rotatable bonds is 3. The van der Waals surface area contributed by atoms with E-state index in [2.05, 4.69) is 10.1 Å². The maximum Gasteiger partial charge on any atom is 0.427 e. The Morgan fingerprint density at radius 1 is 1.41 bits per heavy atom. The van der Waals surface area contributed by atoms with Gasteiger partial charge in [-0.1, -0.05) is 30.3 Å². The van der Waals surface area contributed by atoms with Crippen LogP contribution in [0.1, 0.15) is 6.92 Å². The molecule has 0 bridgehead atoms. The van der Waals surface area contributed by atoms with Crippen molar-refractivity contribution in [1.29, 1.82) is 0 Å². The average Bonchev–Trinajstić information content (AvgIpc) is 2.80. The number of hydrogen-bond donors (Lipinski definition) is 1. The lowest BCUT2D eigenvalue weighted by molar-refractivity contribution is 0.193. The molecule has 17 heavy (non-hydrogen) atoms. The molecule has 1 heterocycles. The number of nitrogens with zero attached hydrogens (tertiary/aromatic N) is 4. The minimum atomic E-state index is -1.06. The lowest BCUT2D eigenvalue weighted by Crippen LogP contribution is -2.39. The van der Waals surface area contributed by atoms with Crippen LogP contribution in [-0.2, 0) is 0 Å². The minimum Gasteiger partial charge on any atom is -0.464 e. The molecule has 1 aromatic heterocycles. The third kappa shape index (κ3) is 2.25. The second-order valence-electron chi connectivity index (χ2n) is 3.35. The Balaban J connectivity index is 2.30. The first-order chi connectivity index (χ1) is 8.22.